The van der Waals surface area contributed by atoms with Crippen molar-refractivity contribution < 1.29 is 34.8 Å². The summed E-state index contributed by atoms with van der Waals surface area (Å²) in [5.74, 6) is -6.17. The van der Waals surface area contributed by atoms with Crippen LogP contribution in [0.1, 0.15) is 42.9 Å². The smallest absolute Gasteiger partial charge is 0.255 e. The molecule has 2 fully saturated rings. The highest BCUT2D eigenvalue weighted by molar-refractivity contribution is 6.32. The maximum atomic E-state index is 13.9. The second-order valence-electron chi connectivity index (χ2n) is 11.7. The fraction of sp³-hybridized carbons (Fsp3) is 0.536. The fourth-order valence-corrected chi connectivity index (χ4v) is 7.10. The average molecular weight is 560 g/mol. The summed E-state index contributed by atoms with van der Waals surface area (Å²) < 4.78 is 0. The van der Waals surface area contributed by atoms with Gasteiger partial charge in [-0.15, -0.1) is 0 Å². The molecule has 11 heteroatoms. The van der Waals surface area contributed by atoms with E-state index in [1.165, 1.54) is 23.8 Å². The lowest BCUT2D eigenvalue weighted by Gasteiger charge is -2.50. The lowest BCUT2D eigenvalue weighted by molar-refractivity contribution is -0.153. The van der Waals surface area contributed by atoms with Gasteiger partial charge in [-0.3, -0.25) is 24.2 Å². The number of benzene rings is 1. The monoisotopic (exact) mass is 559 g/mol. The van der Waals surface area contributed by atoms with Crippen molar-refractivity contribution in [1.29, 1.82) is 0 Å². The SMILES string of the molecule is C[C@H](C1CC1)N(C)Cc1cc(O)c2c(c1Cl)C[C@H]1C[C@H]3[C@H](N(C)C)C(=O)C(C(N)=O)=C(O)[C@@]3(O)C(=O)C1=C2O. The van der Waals surface area contributed by atoms with E-state index in [0.29, 0.717) is 34.7 Å². The van der Waals surface area contributed by atoms with Gasteiger partial charge in [0, 0.05) is 29.1 Å². The van der Waals surface area contributed by atoms with E-state index in [0.717, 1.165) is 0 Å². The van der Waals surface area contributed by atoms with Crippen LogP contribution in [0.3, 0.4) is 0 Å². The molecule has 4 aliphatic carbocycles. The maximum absolute atomic E-state index is 13.9. The number of amides is 1. The lowest BCUT2D eigenvalue weighted by atomic mass is 9.57. The van der Waals surface area contributed by atoms with Crippen molar-refractivity contribution in [3.8, 4) is 5.75 Å². The van der Waals surface area contributed by atoms with E-state index in [2.05, 4.69) is 11.8 Å². The van der Waals surface area contributed by atoms with Gasteiger partial charge in [0.25, 0.3) is 5.91 Å². The largest absolute Gasteiger partial charge is 0.508 e. The molecule has 39 heavy (non-hydrogen) atoms. The summed E-state index contributed by atoms with van der Waals surface area (Å²) >= 11 is 6.85. The van der Waals surface area contributed by atoms with Crippen LogP contribution < -0.4 is 5.73 Å². The van der Waals surface area contributed by atoms with Crippen molar-refractivity contribution in [2.45, 2.75) is 56.8 Å². The van der Waals surface area contributed by atoms with Gasteiger partial charge in [0.05, 0.1) is 11.6 Å². The normalized spacial score (nSPS) is 29.5. The number of nitrogens with two attached hydrogens (primary N) is 1. The van der Waals surface area contributed by atoms with E-state index in [1.54, 1.807) is 14.1 Å². The second-order valence-corrected chi connectivity index (χ2v) is 12.1. The first-order chi connectivity index (χ1) is 18.2. The summed E-state index contributed by atoms with van der Waals surface area (Å²) in [6.07, 6.45) is 2.55. The number of aromatic hydroxyl groups is 1. The van der Waals surface area contributed by atoms with Crippen molar-refractivity contribution >= 4 is 34.8 Å². The molecule has 0 heterocycles. The number of halogens is 1. The minimum absolute atomic E-state index is 0.00191. The van der Waals surface area contributed by atoms with Gasteiger partial charge in [-0.05, 0) is 82.8 Å². The zero-order chi connectivity index (χ0) is 28.7. The number of phenols is 1. The lowest BCUT2D eigenvalue weighted by Crippen LogP contribution is -2.65. The van der Waals surface area contributed by atoms with E-state index in [1.807, 2.05) is 7.05 Å². The van der Waals surface area contributed by atoms with Crippen molar-refractivity contribution in [3.63, 3.8) is 0 Å². The molecule has 210 valence electrons. The van der Waals surface area contributed by atoms with Crippen molar-refractivity contribution in [2.24, 2.45) is 23.5 Å². The number of hydrogen-bond donors (Lipinski definition) is 5. The molecule has 0 aliphatic heterocycles. The summed E-state index contributed by atoms with van der Waals surface area (Å²) in [5.41, 5.74) is 2.82. The molecule has 1 aromatic carbocycles. The van der Waals surface area contributed by atoms with Gasteiger partial charge in [0.15, 0.2) is 11.4 Å². The van der Waals surface area contributed by atoms with E-state index in [-0.39, 0.29) is 29.7 Å². The summed E-state index contributed by atoms with van der Waals surface area (Å²) in [6.45, 7) is 2.63. The number of Topliss-reactive ketones (excluding diaryl/α,β-unsaturated/α-hetero) is 2. The highest BCUT2D eigenvalue weighted by Gasteiger charge is 2.64. The Morgan fingerprint density at radius 2 is 1.85 bits per heavy atom. The number of aliphatic hydroxyl groups is 3. The number of ketones is 2. The number of primary amides is 1. The van der Waals surface area contributed by atoms with Crippen LogP contribution >= 0.6 is 11.6 Å². The number of rotatable bonds is 6. The minimum Gasteiger partial charge on any atom is -0.508 e. The molecule has 0 aromatic heterocycles. The molecule has 1 amide bonds. The number of carbonyl (C=O) groups is 3. The van der Waals surface area contributed by atoms with Gasteiger partial charge >= 0.3 is 0 Å². The van der Waals surface area contributed by atoms with Gasteiger partial charge in [-0.1, -0.05) is 11.6 Å². The Morgan fingerprint density at radius 3 is 2.41 bits per heavy atom. The highest BCUT2D eigenvalue weighted by Crippen LogP contribution is 2.53. The summed E-state index contributed by atoms with van der Waals surface area (Å²) in [5, 5.41) is 45.2. The van der Waals surface area contributed by atoms with Gasteiger partial charge < -0.3 is 26.2 Å². The summed E-state index contributed by atoms with van der Waals surface area (Å²) in [7, 11) is 5.12. The first kappa shape index (κ1) is 27.6. The average Bonchev–Trinajstić information content (AvgIpc) is 3.69. The number of carbonyl (C=O) groups excluding carboxylic acids is 3. The molecule has 0 spiro atoms. The predicted molar refractivity (Wildman–Crippen MR) is 143 cm³/mol. The molecule has 2 saturated carbocycles. The predicted octanol–water partition coefficient (Wildman–Crippen LogP) is 1.85. The molecule has 1 aromatic rings. The Hall–Kier alpha value is -2.92. The molecule has 0 unspecified atom stereocenters. The number of aliphatic hydroxyl groups excluding tert-OH is 2. The van der Waals surface area contributed by atoms with Crippen molar-refractivity contribution in [2.75, 3.05) is 21.1 Å². The van der Waals surface area contributed by atoms with E-state index in [9.17, 15) is 34.8 Å². The zero-order valence-corrected chi connectivity index (χ0v) is 23.1. The van der Waals surface area contributed by atoms with E-state index in [4.69, 9.17) is 17.3 Å². The third-order valence-electron chi connectivity index (χ3n) is 9.15. The number of phenolic OH excluding ortho intramolecular Hbond substituents is 1. The Balaban J connectivity index is 1.62. The number of hydrogen-bond acceptors (Lipinski definition) is 9. The molecule has 5 rings (SSSR count). The quantitative estimate of drug-likeness (QED) is 0.327. The Morgan fingerprint density at radius 1 is 1.21 bits per heavy atom. The third-order valence-corrected chi connectivity index (χ3v) is 9.62. The number of fused-ring (bicyclic) bond motifs is 3. The van der Waals surface area contributed by atoms with Crippen LogP contribution in [0.4, 0.5) is 0 Å². The van der Waals surface area contributed by atoms with Gasteiger partial charge in [-0.2, -0.15) is 0 Å². The molecule has 0 bridgehead atoms. The highest BCUT2D eigenvalue weighted by atomic mass is 35.5. The van der Waals surface area contributed by atoms with E-state index >= 15 is 0 Å². The molecular weight excluding hydrogens is 526 g/mol. The van der Waals surface area contributed by atoms with E-state index < -0.39 is 58.0 Å². The molecule has 10 nitrogen and oxygen atoms in total. The standard InChI is InChI=1S/C28H34ClN3O7/c1-11(12-5-6-12)32(4)10-14-9-17(33)19-15(21(14)29)7-13-8-16-22(31(2)3)24(35)20(27(30)38)26(37)28(16,39)25(36)18(13)23(19)34/h9,11-13,16,22,33-34,37,39H,5-8,10H2,1-4H3,(H2,30,38)/t11-,13+,16+,22+,28+/m1/s1. The zero-order valence-electron chi connectivity index (χ0n) is 22.4. The van der Waals surface area contributed by atoms with Crippen LogP contribution in [0.25, 0.3) is 5.76 Å². The van der Waals surface area contributed by atoms with Gasteiger partial charge in [0.1, 0.15) is 22.8 Å². The minimum atomic E-state index is -2.66. The molecule has 4 aliphatic rings. The van der Waals surface area contributed by atoms with Crippen LogP contribution in [-0.2, 0) is 27.3 Å². The molecule has 5 atom stereocenters. The maximum Gasteiger partial charge on any atom is 0.255 e. The number of nitrogens with zero attached hydrogens (tertiary/aromatic N) is 2. The Labute approximate surface area is 231 Å². The topological polar surface area (TPSA) is 165 Å². The van der Waals surface area contributed by atoms with Crippen LogP contribution in [0.15, 0.2) is 23.0 Å². The third kappa shape index (κ3) is 3.99. The van der Waals surface area contributed by atoms with Crippen LogP contribution in [0.5, 0.6) is 5.75 Å². The summed E-state index contributed by atoms with van der Waals surface area (Å²) in [6, 6.07) is 0.684. The fourth-order valence-electron chi connectivity index (χ4n) is 6.81. The summed E-state index contributed by atoms with van der Waals surface area (Å²) in [4.78, 5) is 42.8. The molecular formula is C28H34ClN3O7. The number of likely N-dealkylation sites (N-methyl/N-ethyl adjacent to an activating group) is 1. The first-order valence-corrected chi connectivity index (χ1v) is 13.5. The van der Waals surface area contributed by atoms with Crippen molar-refractivity contribution in [1.82, 2.24) is 9.80 Å². The van der Waals surface area contributed by atoms with Gasteiger partial charge in [0.2, 0.25) is 5.78 Å². The second kappa shape index (κ2) is 9.33. The Bertz CT molecular complexity index is 1370. The Kier molecular flexibility index (Phi) is 6.61. The molecule has 6 N–H and O–H groups in total. The molecule has 0 radical (unpaired) electrons. The first-order valence-electron chi connectivity index (χ1n) is 13.1. The van der Waals surface area contributed by atoms with Crippen molar-refractivity contribution in [3.05, 3.63) is 44.7 Å². The van der Waals surface area contributed by atoms with Crippen LogP contribution in [0.2, 0.25) is 5.02 Å². The van der Waals surface area contributed by atoms with Crippen LogP contribution in [-0.4, -0.2) is 86.5 Å². The van der Waals surface area contributed by atoms with Gasteiger partial charge in [-0.25, -0.2) is 0 Å². The van der Waals surface area contributed by atoms with Crippen LogP contribution in [0, 0.1) is 17.8 Å². The molecule has 0 saturated heterocycles.